The molecule has 1 saturated heterocycles. The zero-order valence-corrected chi connectivity index (χ0v) is 12.5. The van der Waals surface area contributed by atoms with Crippen molar-refractivity contribution in [3.8, 4) is 0 Å². The van der Waals surface area contributed by atoms with Crippen LogP contribution >= 0.6 is 0 Å². The lowest BCUT2D eigenvalue weighted by atomic mass is 10.2. The van der Waals surface area contributed by atoms with Crippen LogP contribution in [0.4, 0.5) is 4.79 Å². The van der Waals surface area contributed by atoms with Gasteiger partial charge in [-0.25, -0.2) is 4.79 Å². The Hall–Kier alpha value is -1.03. The lowest BCUT2D eigenvalue weighted by Gasteiger charge is -2.27. The number of unbranched alkanes of at least 4 members (excludes halogenated alkanes) is 1. The Labute approximate surface area is 116 Å². The average Bonchev–Trinajstić information content (AvgIpc) is 3.08. The molecule has 0 saturated carbocycles. The van der Waals surface area contributed by atoms with Gasteiger partial charge >= 0.3 is 6.09 Å². The minimum atomic E-state index is -0.437. The van der Waals surface area contributed by atoms with Crippen LogP contribution in [0.5, 0.6) is 0 Å². The van der Waals surface area contributed by atoms with E-state index in [0.29, 0.717) is 6.10 Å². The first-order chi connectivity index (χ1) is 8.92. The maximum Gasteiger partial charge on any atom is 0.410 e. The number of amides is 1. The molecule has 0 aromatic rings. The fourth-order valence-electron chi connectivity index (χ4n) is 1.79. The molecule has 0 aliphatic carbocycles. The average molecular weight is 269 g/mol. The highest BCUT2D eigenvalue weighted by Gasteiger charge is 2.24. The lowest BCUT2D eigenvalue weighted by Crippen LogP contribution is -2.38. The SMILES string of the molecule is C=CCCCN(CCCC1CO1)C(=O)OC(C)(C)C. The van der Waals surface area contributed by atoms with Crippen molar-refractivity contribution in [3.63, 3.8) is 0 Å². The number of hydrogen-bond donors (Lipinski definition) is 0. The van der Waals surface area contributed by atoms with E-state index in [1.807, 2.05) is 26.8 Å². The zero-order valence-electron chi connectivity index (χ0n) is 12.5. The Morgan fingerprint density at radius 1 is 1.42 bits per heavy atom. The second-order valence-electron chi connectivity index (χ2n) is 6.00. The van der Waals surface area contributed by atoms with Crippen LogP contribution in [0.25, 0.3) is 0 Å². The molecule has 0 aromatic carbocycles. The van der Waals surface area contributed by atoms with Crippen LogP contribution in [0.15, 0.2) is 12.7 Å². The number of hydrogen-bond acceptors (Lipinski definition) is 3. The molecule has 0 radical (unpaired) electrons. The number of epoxide rings is 1. The molecule has 1 amide bonds. The van der Waals surface area contributed by atoms with Crippen LogP contribution < -0.4 is 0 Å². The molecule has 1 aliphatic heterocycles. The summed E-state index contributed by atoms with van der Waals surface area (Å²) in [6.45, 7) is 11.7. The van der Waals surface area contributed by atoms with E-state index in [1.54, 1.807) is 4.90 Å². The molecule has 0 spiro atoms. The second-order valence-corrected chi connectivity index (χ2v) is 6.00. The zero-order chi connectivity index (χ0) is 14.3. The summed E-state index contributed by atoms with van der Waals surface area (Å²) in [5.41, 5.74) is -0.437. The summed E-state index contributed by atoms with van der Waals surface area (Å²) < 4.78 is 10.6. The normalized spacial score (nSPS) is 17.9. The highest BCUT2D eigenvalue weighted by Crippen LogP contribution is 2.17. The topological polar surface area (TPSA) is 42.1 Å². The standard InChI is InChI=1S/C15H27NO3/c1-5-6-7-10-16(11-8-9-13-12-18-13)14(17)19-15(2,3)4/h5,13H,1,6-12H2,2-4H3. The summed E-state index contributed by atoms with van der Waals surface area (Å²) in [6, 6.07) is 0. The Bertz CT molecular complexity index is 292. The van der Waals surface area contributed by atoms with E-state index in [2.05, 4.69) is 6.58 Å². The fourth-order valence-corrected chi connectivity index (χ4v) is 1.79. The summed E-state index contributed by atoms with van der Waals surface area (Å²) in [6.07, 6.45) is 5.94. The van der Waals surface area contributed by atoms with Crippen molar-refractivity contribution in [2.24, 2.45) is 0 Å². The van der Waals surface area contributed by atoms with Gasteiger partial charge in [0.15, 0.2) is 0 Å². The number of rotatable bonds is 8. The Kier molecular flexibility index (Phi) is 6.35. The Balaban J connectivity index is 2.36. The van der Waals surface area contributed by atoms with E-state index < -0.39 is 5.60 Å². The number of ether oxygens (including phenoxy) is 2. The number of allylic oxidation sites excluding steroid dienone is 1. The van der Waals surface area contributed by atoms with E-state index in [4.69, 9.17) is 9.47 Å². The highest BCUT2D eigenvalue weighted by molar-refractivity contribution is 5.68. The maximum absolute atomic E-state index is 12.1. The summed E-state index contributed by atoms with van der Waals surface area (Å²) in [7, 11) is 0. The molecule has 0 bridgehead atoms. The highest BCUT2D eigenvalue weighted by atomic mass is 16.6. The van der Waals surface area contributed by atoms with Gasteiger partial charge in [-0.2, -0.15) is 0 Å². The molecular formula is C15H27NO3. The fraction of sp³-hybridized carbons (Fsp3) is 0.800. The van der Waals surface area contributed by atoms with Gasteiger partial charge in [0.1, 0.15) is 5.60 Å². The molecule has 1 rings (SSSR count). The van der Waals surface area contributed by atoms with Gasteiger partial charge in [0.25, 0.3) is 0 Å². The van der Waals surface area contributed by atoms with Crippen molar-refractivity contribution >= 4 is 6.09 Å². The first-order valence-electron chi connectivity index (χ1n) is 7.13. The van der Waals surface area contributed by atoms with Gasteiger partial charge in [0.05, 0.1) is 12.7 Å². The van der Waals surface area contributed by atoms with E-state index in [0.717, 1.165) is 45.4 Å². The smallest absolute Gasteiger partial charge is 0.410 e. The molecule has 1 atom stereocenters. The van der Waals surface area contributed by atoms with Crippen molar-refractivity contribution in [3.05, 3.63) is 12.7 Å². The number of carbonyl (C=O) groups excluding carboxylic acids is 1. The Morgan fingerprint density at radius 2 is 2.05 bits per heavy atom. The first-order valence-corrected chi connectivity index (χ1v) is 7.13. The third kappa shape index (κ3) is 7.88. The van der Waals surface area contributed by atoms with Crippen molar-refractivity contribution in [2.45, 2.75) is 58.2 Å². The molecule has 4 heteroatoms. The minimum Gasteiger partial charge on any atom is -0.444 e. The number of carbonyl (C=O) groups is 1. The Morgan fingerprint density at radius 3 is 2.58 bits per heavy atom. The second kappa shape index (κ2) is 7.53. The van der Waals surface area contributed by atoms with Gasteiger partial charge in [-0.1, -0.05) is 6.08 Å². The number of nitrogens with zero attached hydrogens (tertiary/aromatic N) is 1. The molecule has 0 N–H and O–H groups in total. The maximum atomic E-state index is 12.1. The third-order valence-corrected chi connectivity index (χ3v) is 2.84. The monoisotopic (exact) mass is 269 g/mol. The molecule has 1 heterocycles. The molecule has 1 aliphatic rings. The molecule has 0 aromatic heterocycles. The predicted octanol–water partition coefficient (Wildman–Crippen LogP) is 3.37. The lowest BCUT2D eigenvalue weighted by molar-refractivity contribution is 0.0244. The summed E-state index contributed by atoms with van der Waals surface area (Å²) in [5, 5.41) is 0. The van der Waals surface area contributed by atoms with Crippen molar-refractivity contribution in [1.29, 1.82) is 0 Å². The van der Waals surface area contributed by atoms with Gasteiger partial charge in [-0.15, -0.1) is 6.58 Å². The molecule has 1 fully saturated rings. The third-order valence-electron chi connectivity index (χ3n) is 2.84. The van der Waals surface area contributed by atoms with Gasteiger partial charge < -0.3 is 14.4 Å². The van der Waals surface area contributed by atoms with E-state index in [9.17, 15) is 4.79 Å². The van der Waals surface area contributed by atoms with E-state index >= 15 is 0 Å². The van der Waals surface area contributed by atoms with Crippen LogP contribution in [0, 0.1) is 0 Å². The van der Waals surface area contributed by atoms with E-state index in [1.165, 1.54) is 0 Å². The molecule has 4 nitrogen and oxygen atoms in total. The van der Waals surface area contributed by atoms with Crippen LogP contribution in [-0.4, -0.2) is 42.4 Å². The van der Waals surface area contributed by atoms with E-state index in [-0.39, 0.29) is 6.09 Å². The summed E-state index contributed by atoms with van der Waals surface area (Å²) in [4.78, 5) is 13.9. The largest absolute Gasteiger partial charge is 0.444 e. The van der Waals surface area contributed by atoms with Gasteiger partial charge in [-0.05, 0) is 46.5 Å². The van der Waals surface area contributed by atoms with Crippen LogP contribution in [-0.2, 0) is 9.47 Å². The van der Waals surface area contributed by atoms with Crippen LogP contribution in [0.3, 0.4) is 0 Å². The van der Waals surface area contributed by atoms with Crippen LogP contribution in [0.1, 0.15) is 46.5 Å². The first kappa shape index (κ1) is 16.0. The summed E-state index contributed by atoms with van der Waals surface area (Å²) >= 11 is 0. The van der Waals surface area contributed by atoms with Gasteiger partial charge in [0, 0.05) is 13.1 Å². The molecule has 110 valence electrons. The van der Waals surface area contributed by atoms with Gasteiger partial charge in [-0.3, -0.25) is 0 Å². The van der Waals surface area contributed by atoms with Crippen LogP contribution in [0.2, 0.25) is 0 Å². The van der Waals surface area contributed by atoms with Crippen molar-refractivity contribution < 1.29 is 14.3 Å². The summed E-state index contributed by atoms with van der Waals surface area (Å²) in [5.74, 6) is 0. The van der Waals surface area contributed by atoms with Crippen molar-refractivity contribution in [1.82, 2.24) is 4.90 Å². The molecule has 19 heavy (non-hydrogen) atoms. The predicted molar refractivity (Wildman–Crippen MR) is 76.2 cm³/mol. The molecular weight excluding hydrogens is 242 g/mol. The minimum absolute atomic E-state index is 0.215. The van der Waals surface area contributed by atoms with Gasteiger partial charge in [0.2, 0.25) is 0 Å². The molecule has 1 unspecified atom stereocenters. The quantitative estimate of drug-likeness (QED) is 0.385. The van der Waals surface area contributed by atoms with Crippen molar-refractivity contribution in [2.75, 3.05) is 19.7 Å².